The molecule has 436 valence electrons. The van der Waals surface area contributed by atoms with Gasteiger partial charge in [0.05, 0.1) is 26.4 Å². The van der Waals surface area contributed by atoms with Crippen molar-refractivity contribution < 1.29 is 57.7 Å². The van der Waals surface area contributed by atoms with Gasteiger partial charge in [0.2, 0.25) is 53.2 Å². The zero-order valence-electron chi connectivity index (χ0n) is 44.9. The first kappa shape index (κ1) is 64.4. The Hall–Kier alpha value is -7.42. The zero-order valence-corrected chi connectivity index (χ0v) is 47.3. The van der Waals surface area contributed by atoms with Gasteiger partial charge in [0.1, 0.15) is 53.8 Å². The number of hydrogen-bond acceptors (Lipinski definition) is 16. The summed E-state index contributed by atoms with van der Waals surface area (Å²) in [5.74, 6) is -7.29. The zero-order chi connectivity index (χ0) is 59.2. The molecule has 23 nitrogen and oxygen atoms in total. The summed E-state index contributed by atoms with van der Waals surface area (Å²) in [5.41, 5.74) is 25.9. The van der Waals surface area contributed by atoms with Gasteiger partial charge in [-0.15, -0.1) is 0 Å². The molecule has 9 atom stereocenters. The van der Waals surface area contributed by atoms with Gasteiger partial charge in [-0.05, 0) is 110 Å². The van der Waals surface area contributed by atoms with Crippen LogP contribution in [0, 0.1) is 0 Å². The molecule has 0 spiro atoms. The van der Waals surface area contributed by atoms with Crippen LogP contribution in [0.1, 0.15) is 58.8 Å². The fraction of sp³-hybridized carbons (Fsp3) is 0.400. The molecule has 1 heterocycles. The van der Waals surface area contributed by atoms with Gasteiger partial charge < -0.3 is 74.7 Å². The van der Waals surface area contributed by atoms with E-state index < -0.39 is 108 Å². The highest BCUT2D eigenvalue weighted by atomic mass is 35.5. The van der Waals surface area contributed by atoms with E-state index in [0.29, 0.717) is 51.6 Å². The van der Waals surface area contributed by atoms with E-state index in [1.54, 1.807) is 72.8 Å². The molecule has 16 N–H and O–H groups in total. The summed E-state index contributed by atoms with van der Waals surface area (Å²) >= 11 is 6.09. The third-order valence-corrected chi connectivity index (χ3v) is 15.6. The highest BCUT2D eigenvalue weighted by Crippen LogP contribution is 2.25. The van der Waals surface area contributed by atoms with Crippen molar-refractivity contribution in [3.05, 3.63) is 130 Å². The summed E-state index contributed by atoms with van der Waals surface area (Å²) in [6.07, 6.45) is -1.34. The highest BCUT2D eigenvalue weighted by Gasteiger charge is 2.36. The van der Waals surface area contributed by atoms with E-state index in [2.05, 4.69) is 37.2 Å². The van der Waals surface area contributed by atoms with E-state index in [-0.39, 0.29) is 55.7 Å². The monoisotopic (exact) mass is 1180 g/mol. The van der Waals surface area contributed by atoms with Gasteiger partial charge in [-0.1, -0.05) is 81.7 Å². The molecule has 5 rings (SSSR count). The third kappa shape index (κ3) is 20.6. The number of benzene rings is 4. The Bertz CT molecular complexity index is 2800. The molecule has 0 aliphatic carbocycles. The summed E-state index contributed by atoms with van der Waals surface area (Å²) in [6.45, 7) is 1.44. The lowest BCUT2D eigenvalue weighted by Gasteiger charge is -2.29. The lowest BCUT2D eigenvalue weighted by Crippen LogP contribution is -2.62. The second-order valence-corrected chi connectivity index (χ2v) is 22.1. The number of hydrogen-bond donors (Lipinski definition) is 12. The molecule has 0 bridgehead atoms. The summed E-state index contributed by atoms with van der Waals surface area (Å²) in [4.78, 5) is 126. The van der Waals surface area contributed by atoms with E-state index in [9.17, 15) is 48.3 Å². The molecular weight excluding hydrogens is 1110 g/mol. The normalized spacial score (nSPS) is 20.8. The van der Waals surface area contributed by atoms with E-state index in [0.717, 1.165) is 21.6 Å². The Labute approximate surface area is 482 Å². The van der Waals surface area contributed by atoms with Gasteiger partial charge >= 0.3 is 0 Å². The number of aliphatic hydroxyl groups excluding tert-OH is 1. The fourth-order valence-corrected chi connectivity index (χ4v) is 10.7. The summed E-state index contributed by atoms with van der Waals surface area (Å²) in [7, 11) is 4.92. The van der Waals surface area contributed by atoms with Crippen LogP contribution in [0.25, 0.3) is 0 Å². The number of ether oxygens (including phenoxy) is 2. The minimum absolute atomic E-state index is 0.0366. The summed E-state index contributed by atoms with van der Waals surface area (Å²) in [6, 6.07) is 14.3. The second kappa shape index (κ2) is 32.1. The van der Waals surface area contributed by atoms with Crippen LogP contribution in [0.3, 0.4) is 0 Å². The van der Waals surface area contributed by atoms with Gasteiger partial charge in [-0.3, -0.25) is 43.2 Å². The number of methoxy groups -OCH3 is 2. The van der Waals surface area contributed by atoms with Crippen molar-refractivity contribution in [1.82, 2.24) is 37.2 Å². The minimum atomic E-state index is -1.74. The third-order valence-electron chi connectivity index (χ3n) is 13.0. The first-order valence-electron chi connectivity index (χ1n) is 25.9. The van der Waals surface area contributed by atoms with Crippen molar-refractivity contribution in [2.24, 2.45) is 22.9 Å². The number of nitrogens with two attached hydrogens (primary N) is 4. The molecule has 0 radical (unpaired) electrons. The van der Waals surface area contributed by atoms with Gasteiger partial charge in [-0.25, -0.2) is 0 Å². The summed E-state index contributed by atoms with van der Waals surface area (Å²) < 4.78 is 10.6. The molecule has 81 heavy (non-hydrogen) atoms. The van der Waals surface area contributed by atoms with Crippen molar-refractivity contribution in [2.75, 3.05) is 32.3 Å². The Morgan fingerprint density at radius 1 is 0.654 bits per heavy atom. The maximum absolute atomic E-state index is 14.8. The van der Waals surface area contributed by atoms with E-state index in [4.69, 9.17) is 44.0 Å². The Balaban J connectivity index is 1.58. The first-order valence-corrected chi connectivity index (χ1v) is 28.7. The van der Waals surface area contributed by atoms with Crippen LogP contribution < -0.4 is 69.6 Å². The number of unbranched alkanes of at least 4 members (excludes halogenated alkanes) is 1. The fourth-order valence-electron chi connectivity index (χ4n) is 8.29. The van der Waals surface area contributed by atoms with E-state index in [1.165, 1.54) is 45.4 Å². The molecule has 1 aliphatic rings. The minimum Gasteiger partial charge on any atom is -0.497 e. The summed E-state index contributed by atoms with van der Waals surface area (Å²) in [5, 5.41) is 30.1. The Morgan fingerprint density at radius 3 is 1.68 bits per heavy atom. The van der Waals surface area contributed by atoms with Crippen molar-refractivity contribution >= 4 is 86.4 Å². The van der Waals surface area contributed by atoms with E-state index in [1.807, 2.05) is 0 Å². The van der Waals surface area contributed by atoms with Crippen LogP contribution in [0.4, 0.5) is 0 Å². The number of carbonyl (C=O) groups is 9. The quantitative estimate of drug-likeness (QED) is 0.0381. The molecule has 1 saturated heterocycles. The average molecular weight is 1180 g/mol. The van der Waals surface area contributed by atoms with Crippen LogP contribution in [-0.2, 0) is 64.0 Å². The first-order chi connectivity index (χ1) is 38.7. The van der Waals surface area contributed by atoms with Crippen LogP contribution in [0.15, 0.2) is 97.1 Å². The van der Waals surface area contributed by atoms with Crippen LogP contribution >= 0.6 is 33.2 Å². The molecule has 1 aliphatic heterocycles. The molecule has 4 aromatic carbocycles. The van der Waals surface area contributed by atoms with Crippen molar-refractivity contribution in [2.45, 2.75) is 106 Å². The number of amides is 9. The SMILES string of the molecule is COc1ccc(CC(NC(=O)[C@@H]2CSSC[C@@H](NC(=O)[C@@H](N)Cc3ccc(Cl)cc3)C(=O)N[C@@H](Cc3ccc(OC)cc3)C(=O)N[C@H](Cc3ccc(C(N)=O)cc3)C(=O)N[C@@H](CCCCN)C(=O)N[C@@H]([C@@H](C)O)C(=O)N2)C(N)=O)cc1. The smallest absolute Gasteiger partial charge is 0.248 e. The molecule has 0 aromatic heterocycles. The van der Waals surface area contributed by atoms with Crippen molar-refractivity contribution in [3.63, 3.8) is 0 Å². The van der Waals surface area contributed by atoms with Gasteiger partial charge in [0.25, 0.3) is 0 Å². The molecule has 4 aromatic rings. The predicted molar refractivity (Wildman–Crippen MR) is 307 cm³/mol. The second-order valence-electron chi connectivity index (χ2n) is 19.2. The number of nitrogens with one attached hydrogen (secondary N) is 7. The molecule has 26 heteroatoms. The van der Waals surface area contributed by atoms with Crippen molar-refractivity contribution in [1.29, 1.82) is 0 Å². The molecule has 9 amide bonds. The Kier molecular flexibility index (Phi) is 25.5. The highest BCUT2D eigenvalue weighted by molar-refractivity contribution is 8.76. The number of halogens is 1. The van der Waals surface area contributed by atoms with Crippen molar-refractivity contribution in [3.8, 4) is 11.5 Å². The number of rotatable bonds is 21. The van der Waals surface area contributed by atoms with Gasteiger partial charge in [0, 0.05) is 41.4 Å². The maximum Gasteiger partial charge on any atom is 0.248 e. The van der Waals surface area contributed by atoms with Crippen LogP contribution in [0.2, 0.25) is 5.02 Å². The number of aliphatic hydroxyl groups is 1. The molecule has 1 unspecified atom stereocenters. The van der Waals surface area contributed by atoms with E-state index >= 15 is 0 Å². The number of primary amides is 2. The largest absolute Gasteiger partial charge is 0.497 e. The lowest BCUT2D eigenvalue weighted by atomic mass is 10.00. The van der Waals surface area contributed by atoms with Gasteiger partial charge in [-0.2, -0.15) is 0 Å². The average Bonchev–Trinajstić information content (AvgIpc) is 3.45. The standard InChI is InChI=1S/C55H70ClN11O12S2/c1-30(68)46-55(77)66-45(53(75)62-41(48(60)70)25-33-11-19-37(78-2)20-12-33)29-81-80-28-44(65-49(71)39(58)24-31-9-17-36(56)18-10-31)54(76)64-43(27-34-13-21-38(79-3)22-14-34)52(74)63-42(26-32-7-15-35(16-8-32)47(59)69)51(73)61-40(50(72)67-46)6-4-5-23-57/h7-22,30,39-46,68H,4-6,23-29,57-58H2,1-3H3,(H2,59,69)(H2,60,70)(H,61,73)(H,62,75)(H,63,74)(H,64,76)(H,65,71)(H,66,77)(H,67,72)/t30-,39+,40+,41?,42-,43+,44-,45+,46+/m1/s1. The molecule has 0 saturated carbocycles. The lowest BCUT2D eigenvalue weighted by molar-refractivity contribution is -0.136. The van der Waals surface area contributed by atoms with Crippen LogP contribution in [0.5, 0.6) is 11.5 Å². The Morgan fingerprint density at radius 2 is 1.15 bits per heavy atom. The van der Waals surface area contributed by atoms with Crippen LogP contribution in [-0.4, -0.2) is 145 Å². The van der Waals surface area contributed by atoms with Gasteiger partial charge in [0.15, 0.2) is 0 Å². The molecule has 1 fully saturated rings. The predicted octanol–water partition coefficient (Wildman–Crippen LogP) is -0.162. The maximum atomic E-state index is 14.8. The topological polar surface area (TPSA) is 381 Å². The number of carbonyl (C=O) groups excluding carboxylic acids is 9. The molecular formula is C55H70ClN11O12S2.